The van der Waals surface area contributed by atoms with E-state index in [-0.39, 0.29) is 24.4 Å². The number of sulfonamides is 1. The molecule has 100 valence electrons. The van der Waals surface area contributed by atoms with Crippen LogP contribution in [0.5, 0.6) is 0 Å². The first-order valence-electron chi connectivity index (χ1n) is 5.77. The van der Waals surface area contributed by atoms with Crippen molar-refractivity contribution in [2.45, 2.75) is 23.8 Å². The molecular formula is C12H17NO4S. The Morgan fingerprint density at radius 3 is 2.44 bits per heavy atom. The van der Waals surface area contributed by atoms with E-state index < -0.39 is 22.2 Å². The third-order valence-corrected chi connectivity index (χ3v) is 5.11. The second-order valence-corrected chi connectivity index (χ2v) is 6.72. The molecule has 0 aliphatic carbocycles. The van der Waals surface area contributed by atoms with E-state index in [9.17, 15) is 13.5 Å². The number of hydrogen-bond donors (Lipinski definition) is 2. The number of aliphatic hydroxyl groups excluding tert-OH is 1. The van der Waals surface area contributed by atoms with Gasteiger partial charge in [0.1, 0.15) is 5.60 Å². The van der Waals surface area contributed by atoms with Crippen LogP contribution >= 0.6 is 0 Å². The number of aryl methyl sites for hydroxylation is 1. The number of aliphatic hydroxyl groups is 2. The summed E-state index contributed by atoms with van der Waals surface area (Å²) in [4.78, 5) is 0.218. The van der Waals surface area contributed by atoms with E-state index in [0.29, 0.717) is 0 Å². The lowest BCUT2D eigenvalue weighted by Gasteiger charge is -2.20. The highest BCUT2D eigenvalue weighted by Gasteiger charge is 2.41. The number of nitrogens with zero attached hydrogens (tertiary/aromatic N) is 1. The third kappa shape index (κ3) is 2.42. The molecule has 1 unspecified atom stereocenters. The number of β-amino-alcohol motifs (C(OH)–C–C–N with tert-alkyl or cyclic N) is 1. The Labute approximate surface area is 107 Å². The standard InChI is InChI=1S/C12H17NO4S/c1-10-2-4-11(5-3-10)18(16,17)13-7-6-12(15,8-13)9-14/h2-5,14-15H,6-9H2,1H3. The van der Waals surface area contributed by atoms with Gasteiger partial charge in [0.2, 0.25) is 10.0 Å². The van der Waals surface area contributed by atoms with Crippen molar-refractivity contribution >= 4 is 10.0 Å². The van der Waals surface area contributed by atoms with Crippen molar-refractivity contribution in [3.8, 4) is 0 Å². The van der Waals surface area contributed by atoms with Crippen molar-refractivity contribution < 1.29 is 18.6 Å². The van der Waals surface area contributed by atoms with Crippen LogP contribution in [0.3, 0.4) is 0 Å². The number of hydrogen-bond acceptors (Lipinski definition) is 4. The summed E-state index contributed by atoms with van der Waals surface area (Å²) in [6, 6.07) is 6.59. The zero-order valence-electron chi connectivity index (χ0n) is 10.2. The largest absolute Gasteiger partial charge is 0.393 e. The molecular weight excluding hydrogens is 254 g/mol. The normalized spacial score (nSPS) is 25.5. The molecule has 0 amide bonds. The summed E-state index contributed by atoms with van der Waals surface area (Å²) in [5.41, 5.74) is -0.320. The topological polar surface area (TPSA) is 77.8 Å². The maximum absolute atomic E-state index is 12.3. The Bertz CT molecular complexity index is 526. The van der Waals surface area contributed by atoms with E-state index in [1.165, 1.54) is 4.31 Å². The maximum Gasteiger partial charge on any atom is 0.243 e. The lowest BCUT2D eigenvalue weighted by Crippen LogP contribution is -2.38. The molecule has 1 aliphatic heterocycles. The molecule has 1 heterocycles. The SMILES string of the molecule is Cc1ccc(S(=O)(=O)N2CCC(O)(CO)C2)cc1. The molecule has 1 saturated heterocycles. The maximum atomic E-state index is 12.3. The molecule has 5 nitrogen and oxygen atoms in total. The van der Waals surface area contributed by atoms with Gasteiger partial charge < -0.3 is 10.2 Å². The highest BCUT2D eigenvalue weighted by molar-refractivity contribution is 7.89. The predicted octanol–water partition coefficient (Wildman–Crippen LogP) is 0.113. The van der Waals surface area contributed by atoms with E-state index in [1.54, 1.807) is 24.3 Å². The van der Waals surface area contributed by atoms with Crippen LogP contribution in [0.4, 0.5) is 0 Å². The van der Waals surface area contributed by atoms with Gasteiger partial charge in [-0.05, 0) is 25.5 Å². The first-order chi connectivity index (χ1) is 8.37. The van der Waals surface area contributed by atoms with Crippen LogP contribution in [0.2, 0.25) is 0 Å². The van der Waals surface area contributed by atoms with Crippen molar-refractivity contribution in [3.05, 3.63) is 29.8 Å². The van der Waals surface area contributed by atoms with Gasteiger partial charge in [-0.15, -0.1) is 0 Å². The van der Waals surface area contributed by atoms with E-state index in [0.717, 1.165) is 5.56 Å². The van der Waals surface area contributed by atoms with Crippen molar-refractivity contribution in [3.63, 3.8) is 0 Å². The zero-order chi connectivity index (χ0) is 13.4. The molecule has 0 saturated carbocycles. The van der Waals surface area contributed by atoms with E-state index >= 15 is 0 Å². The molecule has 0 spiro atoms. The van der Waals surface area contributed by atoms with Crippen LogP contribution in [0, 0.1) is 6.92 Å². The van der Waals surface area contributed by atoms with Crippen LogP contribution in [-0.2, 0) is 10.0 Å². The van der Waals surface area contributed by atoms with Gasteiger partial charge in [0.05, 0.1) is 11.5 Å². The monoisotopic (exact) mass is 271 g/mol. The minimum absolute atomic E-state index is 0.0558. The van der Waals surface area contributed by atoms with Gasteiger partial charge >= 0.3 is 0 Å². The van der Waals surface area contributed by atoms with Gasteiger partial charge in [0.25, 0.3) is 0 Å². The van der Waals surface area contributed by atoms with Crippen molar-refractivity contribution in [1.29, 1.82) is 0 Å². The molecule has 1 atom stereocenters. The summed E-state index contributed by atoms with van der Waals surface area (Å²) in [6.07, 6.45) is 0.259. The average Bonchev–Trinajstić information content (AvgIpc) is 2.74. The Morgan fingerprint density at radius 1 is 1.33 bits per heavy atom. The summed E-state index contributed by atoms with van der Waals surface area (Å²) >= 11 is 0. The summed E-state index contributed by atoms with van der Waals surface area (Å²) in [5, 5.41) is 18.9. The Morgan fingerprint density at radius 2 is 1.94 bits per heavy atom. The molecule has 1 aromatic rings. The minimum atomic E-state index is -3.57. The third-order valence-electron chi connectivity index (χ3n) is 3.25. The Balaban J connectivity index is 2.25. The second-order valence-electron chi connectivity index (χ2n) is 4.78. The highest BCUT2D eigenvalue weighted by Crippen LogP contribution is 2.26. The van der Waals surface area contributed by atoms with Gasteiger partial charge in [-0.2, -0.15) is 4.31 Å². The molecule has 6 heteroatoms. The highest BCUT2D eigenvalue weighted by atomic mass is 32.2. The number of rotatable bonds is 3. The molecule has 1 aliphatic rings. The summed E-state index contributed by atoms with van der Waals surface area (Å²) in [6.45, 7) is 1.64. The smallest absolute Gasteiger partial charge is 0.243 e. The zero-order valence-corrected chi connectivity index (χ0v) is 11.0. The molecule has 0 bridgehead atoms. The minimum Gasteiger partial charge on any atom is -0.393 e. The van der Waals surface area contributed by atoms with Crippen LogP contribution in [-0.4, -0.2) is 48.2 Å². The molecule has 1 aromatic carbocycles. The fourth-order valence-electron chi connectivity index (χ4n) is 2.01. The first-order valence-corrected chi connectivity index (χ1v) is 7.21. The van der Waals surface area contributed by atoms with E-state index in [1.807, 2.05) is 6.92 Å². The van der Waals surface area contributed by atoms with Gasteiger partial charge in [-0.3, -0.25) is 0 Å². The summed E-state index contributed by atoms with van der Waals surface area (Å²) in [5.74, 6) is 0. The summed E-state index contributed by atoms with van der Waals surface area (Å²) < 4.78 is 25.8. The quantitative estimate of drug-likeness (QED) is 0.818. The van der Waals surface area contributed by atoms with Crippen molar-refractivity contribution in [2.75, 3.05) is 19.7 Å². The van der Waals surface area contributed by atoms with Gasteiger partial charge in [0.15, 0.2) is 0 Å². The Hall–Kier alpha value is -0.950. The molecule has 2 rings (SSSR count). The van der Waals surface area contributed by atoms with Crippen LogP contribution < -0.4 is 0 Å². The van der Waals surface area contributed by atoms with Crippen molar-refractivity contribution in [1.82, 2.24) is 4.31 Å². The lowest BCUT2D eigenvalue weighted by atomic mass is 10.1. The summed E-state index contributed by atoms with van der Waals surface area (Å²) in [7, 11) is -3.57. The first kappa shape index (κ1) is 13.5. The van der Waals surface area contributed by atoms with E-state index in [4.69, 9.17) is 5.11 Å². The molecule has 2 N–H and O–H groups in total. The molecule has 0 radical (unpaired) electrons. The van der Waals surface area contributed by atoms with Gasteiger partial charge in [-0.25, -0.2) is 8.42 Å². The average molecular weight is 271 g/mol. The molecule has 18 heavy (non-hydrogen) atoms. The van der Waals surface area contributed by atoms with Crippen LogP contribution in [0.25, 0.3) is 0 Å². The second kappa shape index (κ2) is 4.62. The Kier molecular flexibility index (Phi) is 3.46. The molecule has 0 aromatic heterocycles. The predicted molar refractivity (Wildman–Crippen MR) is 66.6 cm³/mol. The fourth-order valence-corrected chi connectivity index (χ4v) is 3.53. The number of benzene rings is 1. The van der Waals surface area contributed by atoms with E-state index in [2.05, 4.69) is 0 Å². The fraction of sp³-hybridized carbons (Fsp3) is 0.500. The van der Waals surface area contributed by atoms with Gasteiger partial charge in [0, 0.05) is 13.1 Å². The van der Waals surface area contributed by atoms with Crippen LogP contribution in [0.15, 0.2) is 29.2 Å². The van der Waals surface area contributed by atoms with Crippen LogP contribution in [0.1, 0.15) is 12.0 Å². The lowest BCUT2D eigenvalue weighted by molar-refractivity contribution is -0.000733. The van der Waals surface area contributed by atoms with Gasteiger partial charge in [-0.1, -0.05) is 17.7 Å². The molecule has 1 fully saturated rings. The van der Waals surface area contributed by atoms with Crippen molar-refractivity contribution in [2.24, 2.45) is 0 Å².